The third-order valence-corrected chi connectivity index (χ3v) is 3.65. The molecule has 0 unspecified atom stereocenters. The van der Waals surface area contributed by atoms with E-state index in [9.17, 15) is 0 Å². The van der Waals surface area contributed by atoms with Crippen LogP contribution >= 0.6 is 0 Å². The molecule has 2 aromatic carbocycles. The molecule has 0 aliphatic carbocycles. The van der Waals surface area contributed by atoms with E-state index in [4.69, 9.17) is 5.26 Å². The Bertz CT molecular complexity index is 836. The normalized spacial score (nSPS) is 10.6. The Labute approximate surface area is 123 Å². The summed E-state index contributed by atoms with van der Waals surface area (Å²) in [5, 5.41) is 8.98. The largest absolute Gasteiger partial charge is 0.378 e. The molecule has 4 heteroatoms. The summed E-state index contributed by atoms with van der Waals surface area (Å²) in [4.78, 5) is 6.73. The zero-order valence-corrected chi connectivity index (χ0v) is 12.3. The minimum Gasteiger partial charge on any atom is -0.378 e. The summed E-state index contributed by atoms with van der Waals surface area (Å²) < 4.78 is 2.06. The molecule has 0 amide bonds. The summed E-state index contributed by atoms with van der Waals surface area (Å²) in [5.74, 6) is 0.908. The van der Waals surface area contributed by atoms with Crippen LogP contribution in [0.3, 0.4) is 0 Å². The molecule has 0 fully saturated rings. The van der Waals surface area contributed by atoms with Crippen molar-refractivity contribution in [3.05, 3.63) is 48.0 Å². The zero-order chi connectivity index (χ0) is 15.0. The van der Waals surface area contributed by atoms with Crippen LogP contribution in [-0.4, -0.2) is 23.6 Å². The molecule has 4 nitrogen and oxygen atoms in total. The molecule has 1 aromatic heterocycles. The second kappa shape index (κ2) is 4.95. The van der Waals surface area contributed by atoms with Crippen molar-refractivity contribution in [2.75, 3.05) is 19.0 Å². The Morgan fingerprint density at radius 1 is 1.10 bits per heavy atom. The van der Waals surface area contributed by atoms with Crippen molar-refractivity contribution in [3.63, 3.8) is 0 Å². The number of nitrogens with zero attached hydrogens (tertiary/aromatic N) is 4. The lowest BCUT2D eigenvalue weighted by Gasteiger charge is -2.12. The van der Waals surface area contributed by atoms with Crippen LogP contribution in [0.5, 0.6) is 0 Å². The van der Waals surface area contributed by atoms with Gasteiger partial charge in [-0.2, -0.15) is 5.26 Å². The molecule has 0 aliphatic heterocycles. The molecule has 3 rings (SSSR count). The number of aromatic nitrogens is 2. The van der Waals surface area contributed by atoms with E-state index in [-0.39, 0.29) is 0 Å². The van der Waals surface area contributed by atoms with Gasteiger partial charge in [-0.3, -0.25) is 0 Å². The van der Waals surface area contributed by atoms with Crippen molar-refractivity contribution in [3.8, 4) is 17.5 Å². The Morgan fingerprint density at radius 2 is 1.81 bits per heavy atom. The van der Waals surface area contributed by atoms with Gasteiger partial charge < -0.3 is 9.47 Å². The molecule has 0 aliphatic rings. The van der Waals surface area contributed by atoms with Crippen molar-refractivity contribution >= 4 is 16.7 Å². The second-order valence-electron chi connectivity index (χ2n) is 5.25. The fourth-order valence-electron chi connectivity index (χ4n) is 2.44. The summed E-state index contributed by atoms with van der Waals surface area (Å²) >= 11 is 0. The third kappa shape index (κ3) is 2.23. The first-order valence-electron chi connectivity index (χ1n) is 6.74. The van der Waals surface area contributed by atoms with Crippen molar-refractivity contribution in [2.24, 2.45) is 7.05 Å². The van der Waals surface area contributed by atoms with Gasteiger partial charge in [0.05, 0.1) is 22.7 Å². The van der Waals surface area contributed by atoms with E-state index in [1.54, 1.807) is 0 Å². The van der Waals surface area contributed by atoms with Crippen LogP contribution in [0.15, 0.2) is 42.5 Å². The van der Waals surface area contributed by atoms with Crippen LogP contribution in [0, 0.1) is 11.3 Å². The van der Waals surface area contributed by atoms with Gasteiger partial charge in [0.15, 0.2) is 0 Å². The van der Waals surface area contributed by atoms with E-state index in [1.807, 2.05) is 39.3 Å². The lowest BCUT2D eigenvalue weighted by Crippen LogP contribution is -2.08. The quantitative estimate of drug-likeness (QED) is 0.722. The summed E-state index contributed by atoms with van der Waals surface area (Å²) in [5.41, 5.74) is 4.74. The monoisotopic (exact) mass is 276 g/mol. The lowest BCUT2D eigenvalue weighted by molar-refractivity contribution is 0.959. The van der Waals surface area contributed by atoms with E-state index in [0.717, 1.165) is 28.1 Å². The van der Waals surface area contributed by atoms with Crippen LogP contribution < -0.4 is 4.90 Å². The summed E-state index contributed by atoms with van der Waals surface area (Å²) in [7, 11) is 6.04. The number of aryl methyl sites for hydroxylation is 1. The van der Waals surface area contributed by atoms with E-state index >= 15 is 0 Å². The number of anilines is 1. The van der Waals surface area contributed by atoms with E-state index in [1.165, 1.54) is 0 Å². The highest BCUT2D eigenvalue weighted by Gasteiger charge is 2.10. The zero-order valence-electron chi connectivity index (χ0n) is 12.3. The second-order valence-corrected chi connectivity index (χ2v) is 5.25. The van der Waals surface area contributed by atoms with Gasteiger partial charge in [0.1, 0.15) is 5.82 Å². The summed E-state index contributed by atoms with van der Waals surface area (Å²) in [6.45, 7) is 0. The van der Waals surface area contributed by atoms with E-state index < -0.39 is 0 Å². The number of benzene rings is 2. The molecule has 21 heavy (non-hydrogen) atoms. The van der Waals surface area contributed by atoms with Gasteiger partial charge in [-0.25, -0.2) is 4.98 Å². The van der Waals surface area contributed by atoms with Crippen molar-refractivity contribution < 1.29 is 0 Å². The van der Waals surface area contributed by atoms with Crippen LogP contribution in [0.2, 0.25) is 0 Å². The number of hydrogen-bond donors (Lipinski definition) is 0. The Balaban J connectivity index is 2.12. The molecular formula is C17H16N4. The first-order chi connectivity index (χ1) is 10.1. The minimum absolute atomic E-state index is 0.634. The van der Waals surface area contributed by atoms with E-state index in [2.05, 4.69) is 44.8 Å². The third-order valence-electron chi connectivity index (χ3n) is 3.65. The predicted molar refractivity (Wildman–Crippen MR) is 85.2 cm³/mol. The molecule has 0 saturated heterocycles. The van der Waals surface area contributed by atoms with E-state index in [0.29, 0.717) is 5.56 Å². The molecule has 1 heterocycles. The molecule has 0 saturated carbocycles. The molecule has 0 radical (unpaired) electrons. The van der Waals surface area contributed by atoms with Crippen LogP contribution in [0.25, 0.3) is 22.4 Å². The van der Waals surface area contributed by atoms with Crippen LogP contribution in [0.1, 0.15) is 5.56 Å². The van der Waals surface area contributed by atoms with Crippen LogP contribution in [0.4, 0.5) is 5.69 Å². The molecule has 0 bridgehead atoms. The average molecular weight is 276 g/mol. The molecule has 0 N–H and O–H groups in total. The Hall–Kier alpha value is -2.80. The SMILES string of the molecule is CN(C)c1ccc(-c2nc3cc(C#N)ccc3n2C)cc1. The first-order valence-corrected chi connectivity index (χ1v) is 6.74. The number of rotatable bonds is 2. The molecule has 3 aromatic rings. The first kappa shape index (κ1) is 13.2. The number of fused-ring (bicyclic) bond motifs is 1. The number of nitriles is 1. The fourth-order valence-corrected chi connectivity index (χ4v) is 2.44. The topological polar surface area (TPSA) is 44.9 Å². The number of imidazole rings is 1. The number of hydrogen-bond acceptors (Lipinski definition) is 3. The van der Waals surface area contributed by atoms with Gasteiger partial charge in [0.2, 0.25) is 0 Å². The summed E-state index contributed by atoms with van der Waals surface area (Å²) in [6.07, 6.45) is 0. The molecular weight excluding hydrogens is 260 g/mol. The maximum Gasteiger partial charge on any atom is 0.140 e. The van der Waals surface area contributed by atoms with Gasteiger partial charge >= 0.3 is 0 Å². The van der Waals surface area contributed by atoms with Gasteiger partial charge in [0, 0.05) is 32.4 Å². The van der Waals surface area contributed by atoms with Gasteiger partial charge in [-0.15, -0.1) is 0 Å². The van der Waals surface area contributed by atoms with Gasteiger partial charge in [-0.1, -0.05) is 0 Å². The molecule has 104 valence electrons. The van der Waals surface area contributed by atoms with Gasteiger partial charge in [-0.05, 0) is 42.5 Å². The van der Waals surface area contributed by atoms with Crippen molar-refractivity contribution in [1.82, 2.24) is 9.55 Å². The predicted octanol–water partition coefficient (Wildman–Crippen LogP) is 3.18. The smallest absolute Gasteiger partial charge is 0.140 e. The lowest BCUT2D eigenvalue weighted by atomic mass is 10.2. The standard InChI is InChI=1S/C17H16N4/c1-20(2)14-7-5-13(6-8-14)17-19-15-10-12(11-18)4-9-16(15)21(17)3/h4-10H,1-3H3. The highest BCUT2D eigenvalue weighted by molar-refractivity contribution is 5.82. The fraction of sp³-hybridized carbons (Fsp3) is 0.176. The average Bonchev–Trinajstić information content (AvgIpc) is 2.83. The maximum absolute atomic E-state index is 8.98. The van der Waals surface area contributed by atoms with Crippen molar-refractivity contribution in [2.45, 2.75) is 0 Å². The Morgan fingerprint density at radius 3 is 2.43 bits per heavy atom. The molecule has 0 spiro atoms. The van der Waals surface area contributed by atoms with Crippen molar-refractivity contribution in [1.29, 1.82) is 5.26 Å². The van der Waals surface area contributed by atoms with Gasteiger partial charge in [0.25, 0.3) is 0 Å². The summed E-state index contributed by atoms with van der Waals surface area (Å²) in [6, 6.07) is 16.0. The van der Waals surface area contributed by atoms with Crippen LogP contribution in [-0.2, 0) is 7.05 Å². The minimum atomic E-state index is 0.634. The highest BCUT2D eigenvalue weighted by Crippen LogP contribution is 2.25. The Kier molecular flexibility index (Phi) is 3.11. The highest BCUT2D eigenvalue weighted by atomic mass is 15.1. The maximum atomic E-state index is 8.98. The molecule has 0 atom stereocenters.